The van der Waals surface area contributed by atoms with Crippen LogP contribution in [-0.4, -0.2) is 41.3 Å². The van der Waals surface area contributed by atoms with E-state index >= 15 is 0 Å². The van der Waals surface area contributed by atoms with Crippen molar-refractivity contribution in [2.24, 2.45) is 0 Å². The topological polar surface area (TPSA) is 62.3 Å². The van der Waals surface area contributed by atoms with Gasteiger partial charge in [-0.2, -0.15) is 0 Å². The Balaban J connectivity index is 2.08. The Morgan fingerprint density at radius 3 is 2.94 bits per heavy atom. The lowest BCUT2D eigenvalue weighted by atomic mass is 10.3. The molecule has 1 N–H and O–H groups in total. The number of hydrogen-bond donors (Lipinski definition) is 1. The fourth-order valence-electron chi connectivity index (χ4n) is 1.63. The number of carbonyl (C=O) groups excluding carboxylic acids is 2. The van der Waals surface area contributed by atoms with Gasteiger partial charge in [0.25, 0.3) is 5.91 Å². The van der Waals surface area contributed by atoms with Crippen LogP contribution in [0.25, 0.3) is 0 Å². The highest BCUT2D eigenvalue weighted by atomic mass is 35.5. The molecule has 1 aliphatic heterocycles. The van der Waals surface area contributed by atoms with Gasteiger partial charge in [-0.25, -0.2) is 4.98 Å². The minimum absolute atomic E-state index is 0.0237. The van der Waals surface area contributed by atoms with E-state index in [-0.39, 0.29) is 11.8 Å². The maximum absolute atomic E-state index is 12.1. The average Bonchev–Trinajstić information content (AvgIpc) is 2.54. The van der Waals surface area contributed by atoms with Gasteiger partial charge in [-0.1, -0.05) is 11.6 Å². The summed E-state index contributed by atoms with van der Waals surface area (Å²) in [4.78, 5) is 28.8. The highest BCUT2D eigenvalue weighted by Gasteiger charge is 2.20. The SMILES string of the molecule is O=C1CCN(C(=O)c2ccc(Cl)cn2)CCN1. The van der Waals surface area contributed by atoms with E-state index in [9.17, 15) is 9.59 Å². The first-order chi connectivity index (χ1) is 8.16. The van der Waals surface area contributed by atoms with Gasteiger partial charge in [0, 0.05) is 32.3 Å². The molecule has 1 aromatic heterocycles. The van der Waals surface area contributed by atoms with E-state index in [0.717, 1.165) is 0 Å². The van der Waals surface area contributed by atoms with Gasteiger partial charge in [0.05, 0.1) is 5.02 Å². The summed E-state index contributed by atoms with van der Waals surface area (Å²) in [6.07, 6.45) is 1.77. The van der Waals surface area contributed by atoms with E-state index in [0.29, 0.717) is 36.8 Å². The lowest BCUT2D eigenvalue weighted by molar-refractivity contribution is -0.120. The molecule has 90 valence electrons. The monoisotopic (exact) mass is 253 g/mol. The maximum atomic E-state index is 12.1. The van der Waals surface area contributed by atoms with Crippen LogP contribution in [0.5, 0.6) is 0 Å². The Labute approximate surface area is 104 Å². The first kappa shape index (κ1) is 11.9. The fraction of sp³-hybridized carbons (Fsp3) is 0.364. The van der Waals surface area contributed by atoms with Gasteiger partial charge >= 0.3 is 0 Å². The van der Waals surface area contributed by atoms with Crippen LogP contribution in [0.4, 0.5) is 0 Å². The van der Waals surface area contributed by atoms with Gasteiger partial charge in [0.1, 0.15) is 5.69 Å². The second-order valence-electron chi connectivity index (χ2n) is 3.75. The molecule has 0 aliphatic carbocycles. The Bertz CT molecular complexity index is 433. The van der Waals surface area contributed by atoms with Crippen molar-refractivity contribution < 1.29 is 9.59 Å². The molecule has 1 saturated heterocycles. The summed E-state index contributed by atoms with van der Waals surface area (Å²) in [6, 6.07) is 3.22. The Kier molecular flexibility index (Phi) is 3.58. The molecule has 2 amide bonds. The van der Waals surface area contributed by atoms with Gasteiger partial charge < -0.3 is 10.2 Å². The summed E-state index contributed by atoms with van der Waals surface area (Å²) in [5.41, 5.74) is 0.351. The van der Waals surface area contributed by atoms with Crippen molar-refractivity contribution in [3.63, 3.8) is 0 Å². The Morgan fingerprint density at radius 1 is 1.41 bits per heavy atom. The van der Waals surface area contributed by atoms with Crippen LogP contribution in [0.2, 0.25) is 5.02 Å². The zero-order chi connectivity index (χ0) is 12.3. The second kappa shape index (κ2) is 5.14. The minimum atomic E-state index is -0.168. The van der Waals surface area contributed by atoms with Crippen molar-refractivity contribution in [3.8, 4) is 0 Å². The number of carbonyl (C=O) groups is 2. The number of aromatic nitrogens is 1. The van der Waals surface area contributed by atoms with Crippen LogP contribution < -0.4 is 5.32 Å². The van der Waals surface area contributed by atoms with Crippen LogP contribution in [0.1, 0.15) is 16.9 Å². The summed E-state index contributed by atoms with van der Waals surface area (Å²) in [6.45, 7) is 1.42. The molecule has 1 fully saturated rings. The molecule has 2 heterocycles. The summed E-state index contributed by atoms with van der Waals surface area (Å²) < 4.78 is 0. The van der Waals surface area contributed by atoms with E-state index in [1.807, 2.05) is 0 Å². The molecular formula is C11H12ClN3O2. The molecule has 5 nitrogen and oxygen atoms in total. The number of nitrogens with zero attached hydrogens (tertiary/aromatic N) is 2. The highest BCUT2D eigenvalue weighted by molar-refractivity contribution is 6.30. The molecule has 1 aliphatic rings. The van der Waals surface area contributed by atoms with Gasteiger partial charge in [-0.05, 0) is 12.1 Å². The lowest BCUT2D eigenvalue weighted by Crippen LogP contribution is -2.34. The quantitative estimate of drug-likeness (QED) is 0.801. The molecule has 17 heavy (non-hydrogen) atoms. The molecule has 0 spiro atoms. The molecule has 0 aromatic carbocycles. The van der Waals surface area contributed by atoms with Crippen LogP contribution in [0.3, 0.4) is 0 Å². The third-order valence-corrected chi connectivity index (χ3v) is 2.77. The number of hydrogen-bond acceptors (Lipinski definition) is 3. The highest BCUT2D eigenvalue weighted by Crippen LogP contribution is 2.09. The smallest absolute Gasteiger partial charge is 0.272 e. The standard InChI is InChI=1S/C11H12ClN3O2/c12-8-1-2-9(14-7-8)11(17)15-5-3-10(16)13-4-6-15/h1-2,7H,3-6H2,(H,13,16). The summed E-state index contributed by atoms with van der Waals surface area (Å²) in [5.74, 6) is -0.192. The van der Waals surface area contributed by atoms with Crippen LogP contribution in [-0.2, 0) is 4.79 Å². The van der Waals surface area contributed by atoms with E-state index in [1.165, 1.54) is 6.20 Å². The summed E-state index contributed by atoms with van der Waals surface area (Å²) in [5, 5.41) is 3.21. The number of rotatable bonds is 1. The molecule has 0 unspecified atom stereocenters. The molecule has 0 saturated carbocycles. The largest absolute Gasteiger partial charge is 0.354 e. The minimum Gasteiger partial charge on any atom is -0.354 e. The van der Waals surface area contributed by atoms with Gasteiger partial charge in [-0.3, -0.25) is 9.59 Å². The van der Waals surface area contributed by atoms with Crippen molar-refractivity contribution in [2.75, 3.05) is 19.6 Å². The van der Waals surface area contributed by atoms with Crippen molar-refractivity contribution in [1.82, 2.24) is 15.2 Å². The van der Waals surface area contributed by atoms with Crippen LogP contribution >= 0.6 is 11.6 Å². The zero-order valence-corrected chi connectivity index (χ0v) is 9.91. The molecule has 0 radical (unpaired) electrons. The van der Waals surface area contributed by atoms with Gasteiger partial charge in [-0.15, -0.1) is 0 Å². The average molecular weight is 254 g/mol. The first-order valence-electron chi connectivity index (χ1n) is 5.34. The number of halogens is 1. The fourth-order valence-corrected chi connectivity index (χ4v) is 1.75. The molecule has 6 heteroatoms. The Hall–Kier alpha value is -1.62. The predicted molar refractivity (Wildman–Crippen MR) is 62.8 cm³/mol. The predicted octanol–water partition coefficient (Wildman–Crippen LogP) is 0.697. The molecular weight excluding hydrogens is 242 g/mol. The zero-order valence-electron chi connectivity index (χ0n) is 9.15. The van der Waals surface area contributed by atoms with Crippen molar-refractivity contribution >= 4 is 23.4 Å². The van der Waals surface area contributed by atoms with Crippen molar-refractivity contribution in [1.29, 1.82) is 0 Å². The van der Waals surface area contributed by atoms with E-state index < -0.39 is 0 Å². The number of pyridine rings is 1. The molecule has 1 aromatic rings. The summed E-state index contributed by atoms with van der Waals surface area (Å²) >= 11 is 5.71. The van der Waals surface area contributed by atoms with Gasteiger partial charge in [0.2, 0.25) is 5.91 Å². The second-order valence-corrected chi connectivity index (χ2v) is 4.19. The third kappa shape index (κ3) is 2.94. The summed E-state index contributed by atoms with van der Waals surface area (Å²) in [7, 11) is 0. The molecule has 0 bridgehead atoms. The first-order valence-corrected chi connectivity index (χ1v) is 5.72. The number of amides is 2. The van der Waals surface area contributed by atoms with Gasteiger partial charge in [0.15, 0.2) is 0 Å². The lowest BCUT2D eigenvalue weighted by Gasteiger charge is -2.18. The van der Waals surface area contributed by atoms with Crippen LogP contribution in [0, 0.1) is 0 Å². The number of nitrogens with one attached hydrogen (secondary N) is 1. The third-order valence-electron chi connectivity index (χ3n) is 2.55. The van der Waals surface area contributed by atoms with E-state index in [4.69, 9.17) is 11.6 Å². The maximum Gasteiger partial charge on any atom is 0.272 e. The normalized spacial score (nSPS) is 16.3. The van der Waals surface area contributed by atoms with E-state index in [1.54, 1.807) is 17.0 Å². The Morgan fingerprint density at radius 2 is 2.24 bits per heavy atom. The molecule has 0 atom stereocenters. The van der Waals surface area contributed by atoms with Crippen molar-refractivity contribution in [2.45, 2.75) is 6.42 Å². The van der Waals surface area contributed by atoms with Crippen LogP contribution in [0.15, 0.2) is 18.3 Å². The van der Waals surface area contributed by atoms with E-state index in [2.05, 4.69) is 10.3 Å². The molecule has 2 rings (SSSR count). The van der Waals surface area contributed by atoms with Crippen molar-refractivity contribution in [3.05, 3.63) is 29.0 Å².